The lowest BCUT2D eigenvalue weighted by Crippen LogP contribution is -2.40. The third-order valence-electron chi connectivity index (χ3n) is 4.82. The zero-order valence-corrected chi connectivity index (χ0v) is 16.5. The first kappa shape index (κ1) is 19.5. The molecule has 1 aliphatic rings. The van der Waals surface area contributed by atoms with Crippen LogP contribution in [0.25, 0.3) is 0 Å². The molecule has 0 fully saturated rings. The highest BCUT2D eigenvalue weighted by atomic mass is 16.5. The number of ketones is 1. The maximum atomic E-state index is 12.8. The highest BCUT2D eigenvalue weighted by Gasteiger charge is 2.28. The van der Waals surface area contributed by atoms with Gasteiger partial charge >= 0.3 is 6.09 Å². The van der Waals surface area contributed by atoms with E-state index in [2.05, 4.69) is 15.3 Å². The summed E-state index contributed by atoms with van der Waals surface area (Å²) in [5, 5.41) is 2.60. The number of carbonyl (C=O) groups is 2. The Bertz CT molecular complexity index is 1090. The van der Waals surface area contributed by atoms with Crippen molar-refractivity contribution in [2.45, 2.75) is 26.1 Å². The quantitative estimate of drug-likeness (QED) is 0.727. The van der Waals surface area contributed by atoms with Gasteiger partial charge in [0.2, 0.25) is 0 Å². The summed E-state index contributed by atoms with van der Waals surface area (Å²) in [4.78, 5) is 34.2. The molecule has 1 atom stereocenters. The van der Waals surface area contributed by atoms with Crippen LogP contribution in [0.3, 0.4) is 0 Å². The zero-order chi connectivity index (χ0) is 20.9. The summed E-state index contributed by atoms with van der Waals surface area (Å²) in [5.74, 6) is -0.207. The molecular formula is C24H21N3O3. The zero-order valence-electron chi connectivity index (χ0n) is 16.5. The van der Waals surface area contributed by atoms with Gasteiger partial charge in [-0.1, -0.05) is 60.7 Å². The number of carbonyl (C=O) groups excluding carboxylic acids is 2. The molecule has 1 aromatic heterocycles. The highest BCUT2D eigenvalue weighted by molar-refractivity contribution is 6.15. The van der Waals surface area contributed by atoms with Crippen LogP contribution in [0.2, 0.25) is 0 Å². The number of hydrogen-bond donors (Lipinski definition) is 1. The molecule has 6 heteroatoms. The molecule has 3 aromatic rings. The molecular weight excluding hydrogens is 378 g/mol. The van der Waals surface area contributed by atoms with E-state index in [-0.39, 0.29) is 18.8 Å². The summed E-state index contributed by atoms with van der Waals surface area (Å²) in [6.45, 7) is 2.07. The van der Waals surface area contributed by atoms with Crippen molar-refractivity contribution in [1.82, 2.24) is 10.3 Å². The number of aliphatic imine (C=N–C) groups is 1. The van der Waals surface area contributed by atoms with Crippen molar-refractivity contribution in [3.8, 4) is 0 Å². The average molecular weight is 399 g/mol. The number of pyridine rings is 1. The second-order valence-corrected chi connectivity index (χ2v) is 7.11. The number of benzene rings is 2. The van der Waals surface area contributed by atoms with E-state index in [1.54, 1.807) is 6.20 Å². The van der Waals surface area contributed by atoms with Gasteiger partial charge in [0.15, 0.2) is 11.9 Å². The van der Waals surface area contributed by atoms with Gasteiger partial charge < -0.3 is 4.74 Å². The number of aryl methyl sites for hydroxylation is 1. The number of amides is 1. The van der Waals surface area contributed by atoms with Gasteiger partial charge in [0.1, 0.15) is 6.61 Å². The minimum atomic E-state index is -1.04. The van der Waals surface area contributed by atoms with Crippen molar-refractivity contribution in [3.63, 3.8) is 0 Å². The second-order valence-electron chi connectivity index (χ2n) is 7.11. The Morgan fingerprint density at radius 2 is 1.83 bits per heavy atom. The van der Waals surface area contributed by atoms with E-state index in [9.17, 15) is 9.59 Å². The number of nitrogens with zero attached hydrogens (tertiary/aromatic N) is 2. The molecule has 1 aliphatic heterocycles. The third kappa shape index (κ3) is 4.43. The second kappa shape index (κ2) is 8.69. The molecule has 30 heavy (non-hydrogen) atoms. The lowest BCUT2D eigenvalue weighted by molar-refractivity contribution is -0.120. The van der Waals surface area contributed by atoms with Gasteiger partial charge in [0, 0.05) is 18.2 Å². The Balaban J connectivity index is 1.59. The Kier molecular flexibility index (Phi) is 5.66. The number of rotatable bonds is 4. The first-order chi connectivity index (χ1) is 14.6. The maximum absolute atomic E-state index is 12.8. The van der Waals surface area contributed by atoms with Crippen molar-refractivity contribution < 1.29 is 14.3 Å². The summed E-state index contributed by atoms with van der Waals surface area (Å²) in [6.07, 6.45) is 0.185. The molecule has 0 saturated carbocycles. The Morgan fingerprint density at radius 3 is 2.60 bits per heavy atom. The average Bonchev–Trinajstić information content (AvgIpc) is 2.90. The Labute approximate surface area is 174 Å². The minimum absolute atomic E-state index is 0.115. The summed E-state index contributed by atoms with van der Waals surface area (Å²) >= 11 is 0. The van der Waals surface area contributed by atoms with E-state index in [4.69, 9.17) is 4.74 Å². The number of hydrogen-bond acceptors (Lipinski definition) is 5. The molecule has 0 saturated heterocycles. The van der Waals surface area contributed by atoms with Crippen LogP contribution in [0.4, 0.5) is 4.79 Å². The fourth-order valence-corrected chi connectivity index (χ4v) is 3.26. The molecule has 1 amide bonds. The summed E-state index contributed by atoms with van der Waals surface area (Å²) < 4.78 is 5.27. The monoisotopic (exact) mass is 399 g/mol. The molecule has 4 rings (SSSR count). The van der Waals surface area contributed by atoms with Gasteiger partial charge in [0.25, 0.3) is 0 Å². The topological polar surface area (TPSA) is 80.6 Å². The van der Waals surface area contributed by atoms with Gasteiger partial charge in [-0.05, 0) is 29.7 Å². The van der Waals surface area contributed by atoms with Crippen LogP contribution >= 0.6 is 0 Å². The number of fused-ring (bicyclic) bond motifs is 1. The summed E-state index contributed by atoms with van der Waals surface area (Å²) in [6, 6.07) is 20.7. The normalized spacial score (nSPS) is 15.6. The van der Waals surface area contributed by atoms with Crippen LogP contribution in [-0.2, 0) is 22.6 Å². The van der Waals surface area contributed by atoms with Gasteiger partial charge in [0.05, 0.1) is 11.4 Å². The highest BCUT2D eigenvalue weighted by Crippen LogP contribution is 2.20. The van der Waals surface area contributed by atoms with Crippen molar-refractivity contribution in [1.29, 1.82) is 0 Å². The molecule has 0 spiro atoms. The van der Waals surface area contributed by atoms with Gasteiger partial charge in [-0.2, -0.15) is 0 Å². The molecule has 0 aliphatic carbocycles. The van der Waals surface area contributed by atoms with E-state index < -0.39 is 12.3 Å². The summed E-state index contributed by atoms with van der Waals surface area (Å²) in [7, 11) is 0. The van der Waals surface area contributed by atoms with E-state index in [0.717, 1.165) is 22.3 Å². The van der Waals surface area contributed by atoms with E-state index in [1.165, 1.54) is 0 Å². The van der Waals surface area contributed by atoms with Crippen molar-refractivity contribution in [2.24, 2.45) is 4.99 Å². The van der Waals surface area contributed by atoms with Crippen molar-refractivity contribution in [3.05, 3.63) is 101 Å². The Morgan fingerprint density at radius 1 is 1.07 bits per heavy atom. The SMILES string of the molecule is Cc1ccc(C2=NC(NC(=O)OCc3ccccc3)C(=O)Cc3ccccc32)nc1. The smallest absolute Gasteiger partial charge is 0.409 e. The molecule has 6 nitrogen and oxygen atoms in total. The first-order valence-electron chi connectivity index (χ1n) is 9.69. The maximum Gasteiger partial charge on any atom is 0.409 e. The minimum Gasteiger partial charge on any atom is -0.445 e. The van der Waals surface area contributed by atoms with Gasteiger partial charge in [-0.25, -0.2) is 9.79 Å². The molecule has 0 bridgehead atoms. The molecule has 150 valence electrons. The van der Waals surface area contributed by atoms with Gasteiger partial charge in [-0.15, -0.1) is 0 Å². The van der Waals surface area contributed by atoms with Crippen LogP contribution < -0.4 is 5.32 Å². The molecule has 0 radical (unpaired) electrons. The third-order valence-corrected chi connectivity index (χ3v) is 4.82. The number of ether oxygens (including phenoxy) is 1. The standard InChI is InChI=1S/C24H21N3O3/c1-16-11-12-20(25-14-16)22-19-10-6-5-9-18(19)13-21(28)23(26-22)27-24(29)30-15-17-7-3-2-4-8-17/h2-12,14,23H,13,15H2,1H3,(H,27,29). The molecule has 1 unspecified atom stereocenters. The number of aromatic nitrogens is 1. The van der Waals surface area contributed by atoms with Crippen LogP contribution in [0.5, 0.6) is 0 Å². The van der Waals surface area contributed by atoms with Crippen molar-refractivity contribution >= 4 is 17.6 Å². The fourth-order valence-electron chi connectivity index (χ4n) is 3.26. The first-order valence-corrected chi connectivity index (χ1v) is 9.69. The molecule has 2 aromatic carbocycles. The predicted molar refractivity (Wildman–Crippen MR) is 113 cm³/mol. The van der Waals surface area contributed by atoms with Crippen LogP contribution in [-0.4, -0.2) is 28.7 Å². The predicted octanol–water partition coefficient (Wildman–Crippen LogP) is 3.61. The Hall–Kier alpha value is -3.80. The lowest BCUT2D eigenvalue weighted by Gasteiger charge is -2.13. The van der Waals surface area contributed by atoms with E-state index in [1.807, 2.05) is 73.7 Å². The lowest BCUT2D eigenvalue weighted by atomic mass is 9.98. The molecule has 1 N–H and O–H groups in total. The van der Waals surface area contributed by atoms with E-state index in [0.29, 0.717) is 11.4 Å². The number of alkyl carbamates (subject to hydrolysis) is 1. The number of Topliss-reactive ketones (excluding diaryl/α,β-unsaturated/α-hetero) is 1. The van der Waals surface area contributed by atoms with Crippen molar-refractivity contribution in [2.75, 3.05) is 0 Å². The van der Waals surface area contributed by atoms with Gasteiger partial charge in [-0.3, -0.25) is 15.1 Å². The van der Waals surface area contributed by atoms with Crippen LogP contribution in [0.15, 0.2) is 77.9 Å². The summed E-state index contributed by atoms with van der Waals surface area (Å²) in [5.41, 5.74) is 4.79. The largest absolute Gasteiger partial charge is 0.445 e. The molecule has 2 heterocycles. The van der Waals surface area contributed by atoms with E-state index >= 15 is 0 Å². The fraction of sp³-hybridized carbons (Fsp3) is 0.167. The number of nitrogens with one attached hydrogen (secondary N) is 1. The van der Waals surface area contributed by atoms with Crippen LogP contribution in [0.1, 0.15) is 27.9 Å². The van der Waals surface area contributed by atoms with Crippen LogP contribution in [0, 0.1) is 6.92 Å².